The summed E-state index contributed by atoms with van der Waals surface area (Å²) in [5.74, 6) is 0.516. The lowest BCUT2D eigenvalue weighted by molar-refractivity contribution is -0.385. The zero-order valence-corrected chi connectivity index (χ0v) is 13.2. The summed E-state index contributed by atoms with van der Waals surface area (Å²) in [7, 11) is 0. The van der Waals surface area contributed by atoms with E-state index in [0.717, 1.165) is 23.7 Å². The monoisotopic (exact) mass is 342 g/mol. The van der Waals surface area contributed by atoms with Crippen molar-refractivity contribution in [2.75, 3.05) is 0 Å². The van der Waals surface area contributed by atoms with Crippen molar-refractivity contribution >= 4 is 21.6 Å². The van der Waals surface area contributed by atoms with Gasteiger partial charge in [0.25, 0.3) is 5.69 Å². The first-order valence-electron chi connectivity index (χ1n) is 6.80. The van der Waals surface area contributed by atoms with Crippen molar-refractivity contribution in [3.63, 3.8) is 0 Å². The molecule has 0 amide bonds. The first kappa shape index (κ1) is 15.3. The van der Waals surface area contributed by atoms with Gasteiger partial charge in [-0.3, -0.25) is 10.1 Å². The van der Waals surface area contributed by atoms with Gasteiger partial charge in [0.15, 0.2) is 0 Å². The fraction of sp³-hybridized carbons (Fsp3) is 0.571. The number of halogens is 1. The molecule has 6 heteroatoms. The Morgan fingerprint density at radius 2 is 2.15 bits per heavy atom. The van der Waals surface area contributed by atoms with Gasteiger partial charge in [-0.1, -0.05) is 13.8 Å². The Labute approximate surface area is 126 Å². The van der Waals surface area contributed by atoms with E-state index in [1.54, 1.807) is 6.07 Å². The van der Waals surface area contributed by atoms with E-state index in [1.165, 1.54) is 12.1 Å². The Morgan fingerprint density at radius 1 is 1.50 bits per heavy atom. The third kappa shape index (κ3) is 2.42. The number of nitro benzene ring substituents is 1. The van der Waals surface area contributed by atoms with Crippen molar-refractivity contribution in [1.82, 2.24) is 0 Å². The van der Waals surface area contributed by atoms with Crippen LogP contribution < -0.4 is 10.5 Å². The van der Waals surface area contributed by atoms with Crippen LogP contribution >= 0.6 is 15.9 Å². The first-order valence-corrected chi connectivity index (χ1v) is 7.60. The minimum Gasteiger partial charge on any atom is -0.488 e. The SMILES string of the molecule is CCC1(CC)C(N)CC1Oc1cc([N+](=O)[O-])ccc1Br. The average molecular weight is 343 g/mol. The normalized spacial score (nSPS) is 24.0. The summed E-state index contributed by atoms with van der Waals surface area (Å²) in [6, 6.07) is 4.70. The van der Waals surface area contributed by atoms with Crippen molar-refractivity contribution in [1.29, 1.82) is 0 Å². The Hall–Kier alpha value is -1.14. The molecule has 110 valence electrons. The highest BCUT2D eigenvalue weighted by Crippen LogP contribution is 2.48. The van der Waals surface area contributed by atoms with E-state index in [-0.39, 0.29) is 23.2 Å². The summed E-state index contributed by atoms with van der Waals surface area (Å²) >= 11 is 3.38. The topological polar surface area (TPSA) is 78.4 Å². The zero-order chi connectivity index (χ0) is 14.9. The van der Waals surface area contributed by atoms with Crippen LogP contribution in [-0.4, -0.2) is 17.1 Å². The van der Waals surface area contributed by atoms with Crippen molar-refractivity contribution in [2.45, 2.75) is 45.3 Å². The number of non-ortho nitro benzene ring substituents is 1. The van der Waals surface area contributed by atoms with Crippen LogP contribution in [0.2, 0.25) is 0 Å². The average Bonchev–Trinajstić information content (AvgIpc) is 2.41. The summed E-state index contributed by atoms with van der Waals surface area (Å²) < 4.78 is 6.74. The highest BCUT2D eigenvalue weighted by molar-refractivity contribution is 9.10. The third-order valence-corrected chi connectivity index (χ3v) is 5.21. The van der Waals surface area contributed by atoms with E-state index in [2.05, 4.69) is 29.8 Å². The Bertz CT molecular complexity index is 517. The number of rotatable bonds is 5. The van der Waals surface area contributed by atoms with Gasteiger partial charge in [0.1, 0.15) is 11.9 Å². The lowest BCUT2D eigenvalue weighted by atomic mass is 9.59. The van der Waals surface area contributed by atoms with E-state index in [9.17, 15) is 10.1 Å². The maximum Gasteiger partial charge on any atom is 0.273 e. The van der Waals surface area contributed by atoms with Crippen LogP contribution in [0.4, 0.5) is 5.69 Å². The smallest absolute Gasteiger partial charge is 0.273 e. The molecular formula is C14H19BrN2O3. The highest BCUT2D eigenvalue weighted by Gasteiger charge is 2.52. The molecule has 2 N–H and O–H groups in total. The molecule has 1 aromatic carbocycles. The van der Waals surface area contributed by atoms with Crippen LogP contribution in [0, 0.1) is 15.5 Å². The molecule has 2 rings (SSSR count). The lowest BCUT2D eigenvalue weighted by Gasteiger charge is -2.53. The molecule has 5 nitrogen and oxygen atoms in total. The summed E-state index contributed by atoms with van der Waals surface area (Å²) in [6.45, 7) is 4.22. The van der Waals surface area contributed by atoms with E-state index in [4.69, 9.17) is 10.5 Å². The van der Waals surface area contributed by atoms with Crippen molar-refractivity contribution in [2.24, 2.45) is 11.1 Å². The molecule has 0 radical (unpaired) electrons. The number of hydrogen-bond acceptors (Lipinski definition) is 4. The zero-order valence-electron chi connectivity index (χ0n) is 11.6. The molecule has 1 aromatic rings. The number of nitrogens with zero attached hydrogens (tertiary/aromatic N) is 1. The number of benzene rings is 1. The van der Waals surface area contributed by atoms with Gasteiger partial charge in [0, 0.05) is 23.9 Å². The second kappa shape index (κ2) is 5.69. The van der Waals surface area contributed by atoms with Crippen molar-refractivity contribution in [3.8, 4) is 5.75 Å². The predicted octanol–water partition coefficient (Wildman–Crippen LogP) is 3.64. The number of hydrogen-bond donors (Lipinski definition) is 1. The summed E-state index contributed by atoms with van der Waals surface area (Å²) in [5, 5.41) is 10.8. The fourth-order valence-corrected chi connectivity index (χ4v) is 3.36. The molecule has 0 spiro atoms. The molecule has 0 heterocycles. The Morgan fingerprint density at radius 3 is 2.65 bits per heavy atom. The van der Waals surface area contributed by atoms with Crippen LogP contribution in [0.25, 0.3) is 0 Å². The minimum absolute atomic E-state index is 0.0193. The van der Waals surface area contributed by atoms with Gasteiger partial charge in [-0.2, -0.15) is 0 Å². The molecule has 1 aliphatic carbocycles. The molecule has 0 saturated heterocycles. The van der Waals surface area contributed by atoms with Gasteiger partial charge < -0.3 is 10.5 Å². The first-order chi connectivity index (χ1) is 9.44. The molecule has 20 heavy (non-hydrogen) atoms. The van der Waals surface area contributed by atoms with Crippen LogP contribution in [0.1, 0.15) is 33.1 Å². The minimum atomic E-state index is -0.418. The molecule has 0 aliphatic heterocycles. The molecule has 2 atom stereocenters. The van der Waals surface area contributed by atoms with Crippen LogP contribution in [-0.2, 0) is 0 Å². The molecule has 0 aromatic heterocycles. The van der Waals surface area contributed by atoms with Gasteiger partial charge in [-0.25, -0.2) is 0 Å². The maximum atomic E-state index is 10.8. The van der Waals surface area contributed by atoms with Crippen LogP contribution in [0.3, 0.4) is 0 Å². The van der Waals surface area contributed by atoms with Gasteiger partial charge in [0.2, 0.25) is 0 Å². The van der Waals surface area contributed by atoms with E-state index in [0.29, 0.717) is 5.75 Å². The fourth-order valence-electron chi connectivity index (χ4n) is 3.02. The van der Waals surface area contributed by atoms with E-state index >= 15 is 0 Å². The quantitative estimate of drug-likeness (QED) is 0.654. The second-order valence-corrected chi connectivity index (χ2v) is 6.12. The Balaban J connectivity index is 2.22. The third-order valence-electron chi connectivity index (χ3n) is 4.56. The van der Waals surface area contributed by atoms with Gasteiger partial charge in [-0.05, 0) is 34.8 Å². The van der Waals surface area contributed by atoms with Gasteiger partial charge in [0.05, 0.1) is 15.5 Å². The molecule has 1 aliphatic rings. The number of nitro groups is 1. The summed E-state index contributed by atoms with van der Waals surface area (Å²) in [6.07, 6.45) is 2.70. The second-order valence-electron chi connectivity index (χ2n) is 5.26. The molecule has 1 fully saturated rings. The lowest BCUT2D eigenvalue weighted by Crippen LogP contribution is -2.62. The summed E-state index contributed by atoms with van der Waals surface area (Å²) in [5.41, 5.74) is 6.15. The standard InChI is InChI=1S/C14H19BrN2O3/c1-3-14(4-2)12(16)8-13(14)20-11-7-9(17(18)19)5-6-10(11)15/h5-7,12-13H,3-4,8,16H2,1-2H3. The van der Waals surface area contributed by atoms with Crippen LogP contribution in [0.15, 0.2) is 22.7 Å². The molecular weight excluding hydrogens is 324 g/mol. The number of ether oxygens (including phenoxy) is 1. The van der Waals surface area contributed by atoms with Crippen molar-refractivity contribution < 1.29 is 9.66 Å². The van der Waals surface area contributed by atoms with Gasteiger partial charge in [-0.15, -0.1) is 0 Å². The molecule has 0 bridgehead atoms. The molecule has 1 saturated carbocycles. The van der Waals surface area contributed by atoms with E-state index < -0.39 is 4.92 Å². The van der Waals surface area contributed by atoms with E-state index in [1.807, 2.05) is 0 Å². The van der Waals surface area contributed by atoms with Gasteiger partial charge >= 0.3 is 0 Å². The predicted molar refractivity (Wildman–Crippen MR) is 80.8 cm³/mol. The molecule has 2 unspecified atom stereocenters. The Kier molecular flexibility index (Phi) is 4.34. The van der Waals surface area contributed by atoms with Crippen LogP contribution in [0.5, 0.6) is 5.75 Å². The largest absolute Gasteiger partial charge is 0.488 e. The maximum absolute atomic E-state index is 10.8. The number of nitrogens with two attached hydrogens (primary N) is 1. The summed E-state index contributed by atoms with van der Waals surface area (Å²) in [4.78, 5) is 10.4. The van der Waals surface area contributed by atoms with Crippen molar-refractivity contribution in [3.05, 3.63) is 32.8 Å². The highest BCUT2D eigenvalue weighted by atomic mass is 79.9.